The number of hydrogen-bond acceptors (Lipinski definition) is 5. The topological polar surface area (TPSA) is 38.9 Å². The van der Waals surface area contributed by atoms with Crippen LogP contribution in [0, 0.1) is 0 Å². The number of pyridine rings is 1. The highest BCUT2D eigenvalue weighted by Gasteiger charge is 2.41. The standard InChI is InChI=1S/C16H14N2OS2/c1-2-7-14-13(6-1)15(18-19-14)16(20-9-4-10-21-16)12-5-3-8-17-11-12/h1-3,5-8,11H,4,9-10H2. The van der Waals surface area contributed by atoms with Crippen molar-refractivity contribution in [2.24, 2.45) is 0 Å². The molecule has 0 bridgehead atoms. The van der Waals surface area contributed by atoms with Crippen LogP contribution >= 0.6 is 23.5 Å². The number of para-hydroxylation sites is 1. The van der Waals surface area contributed by atoms with Gasteiger partial charge in [-0.2, -0.15) is 0 Å². The summed E-state index contributed by atoms with van der Waals surface area (Å²) in [5, 5.41) is 5.52. The van der Waals surface area contributed by atoms with Crippen LogP contribution in [-0.4, -0.2) is 21.6 Å². The van der Waals surface area contributed by atoms with Gasteiger partial charge >= 0.3 is 0 Å². The maximum atomic E-state index is 5.55. The lowest BCUT2D eigenvalue weighted by Crippen LogP contribution is -2.25. The quantitative estimate of drug-likeness (QED) is 0.705. The monoisotopic (exact) mass is 314 g/mol. The number of thioether (sulfide) groups is 2. The Balaban J connectivity index is 1.94. The van der Waals surface area contributed by atoms with Crippen molar-refractivity contribution in [3.05, 3.63) is 60.0 Å². The molecule has 21 heavy (non-hydrogen) atoms. The Morgan fingerprint density at radius 3 is 2.71 bits per heavy atom. The maximum absolute atomic E-state index is 5.55. The van der Waals surface area contributed by atoms with Crippen molar-refractivity contribution in [3.63, 3.8) is 0 Å². The van der Waals surface area contributed by atoms with Crippen LogP contribution in [0.1, 0.15) is 17.7 Å². The minimum atomic E-state index is -0.209. The zero-order valence-corrected chi connectivity index (χ0v) is 13.0. The fourth-order valence-electron chi connectivity index (χ4n) is 2.65. The number of rotatable bonds is 2. The molecular formula is C16H14N2OS2. The number of hydrogen-bond donors (Lipinski definition) is 0. The van der Waals surface area contributed by atoms with Crippen LogP contribution in [0.2, 0.25) is 0 Å². The van der Waals surface area contributed by atoms with E-state index in [1.807, 2.05) is 60.2 Å². The van der Waals surface area contributed by atoms with Crippen LogP contribution in [0.3, 0.4) is 0 Å². The van der Waals surface area contributed by atoms with Gasteiger partial charge in [0.05, 0.1) is 0 Å². The van der Waals surface area contributed by atoms with Gasteiger partial charge < -0.3 is 4.52 Å². The second-order valence-electron chi connectivity index (χ2n) is 4.94. The summed E-state index contributed by atoms with van der Waals surface area (Å²) >= 11 is 3.87. The van der Waals surface area contributed by atoms with Crippen LogP contribution in [0.15, 0.2) is 53.3 Å². The van der Waals surface area contributed by atoms with Crippen molar-refractivity contribution in [1.29, 1.82) is 0 Å². The van der Waals surface area contributed by atoms with Crippen LogP contribution in [-0.2, 0) is 4.08 Å². The lowest BCUT2D eigenvalue weighted by molar-refractivity contribution is 0.445. The summed E-state index contributed by atoms with van der Waals surface area (Å²) in [6.45, 7) is 0. The van der Waals surface area contributed by atoms with Crippen LogP contribution < -0.4 is 0 Å². The molecule has 0 unspecified atom stereocenters. The van der Waals surface area contributed by atoms with Crippen molar-refractivity contribution < 1.29 is 4.52 Å². The molecule has 0 amide bonds. The Morgan fingerprint density at radius 2 is 1.90 bits per heavy atom. The molecule has 0 N–H and O–H groups in total. The largest absolute Gasteiger partial charge is 0.356 e. The van der Waals surface area contributed by atoms with Gasteiger partial charge in [0, 0.05) is 23.3 Å². The van der Waals surface area contributed by atoms with Crippen molar-refractivity contribution >= 4 is 34.5 Å². The average molecular weight is 314 g/mol. The van der Waals surface area contributed by atoms with E-state index in [1.54, 1.807) is 0 Å². The van der Waals surface area contributed by atoms with Crippen LogP contribution in [0.5, 0.6) is 0 Å². The minimum Gasteiger partial charge on any atom is -0.356 e. The molecule has 3 heterocycles. The molecule has 0 aliphatic carbocycles. The van der Waals surface area contributed by atoms with Gasteiger partial charge in [0.15, 0.2) is 5.58 Å². The smallest absolute Gasteiger partial charge is 0.167 e. The molecule has 5 heteroatoms. The van der Waals surface area contributed by atoms with Gasteiger partial charge in [-0.1, -0.05) is 23.4 Å². The number of fused-ring (bicyclic) bond motifs is 1. The second kappa shape index (κ2) is 5.39. The lowest BCUT2D eigenvalue weighted by atomic mass is 10.1. The molecule has 1 saturated heterocycles. The first kappa shape index (κ1) is 13.2. The van der Waals surface area contributed by atoms with E-state index in [9.17, 15) is 0 Å². The van der Waals surface area contributed by atoms with Gasteiger partial charge in [0.2, 0.25) is 0 Å². The van der Waals surface area contributed by atoms with E-state index in [0.717, 1.165) is 28.2 Å². The summed E-state index contributed by atoms with van der Waals surface area (Å²) in [5.41, 5.74) is 3.06. The zero-order valence-electron chi connectivity index (χ0n) is 11.4. The Kier molecular flexibility index (Phi) is 3.39. The van der Waals surface area contributed by atoms with Crippen molar-refractivity contribution in [2.75, 3.05) is 11.5 Å². The molecule has 1 aromatic carbocycles. The molecule has 4 rings (SSSR count). The Hall–Kier alpha value is -1.46. The van der Waals surface area contributed by atoms with Gasteiger partial charge in [0.25, 0.3) is 0 Å². The average Bonchev–Trinajstić information content (AvgIpc) is 3.01. The molecule has 0 spiro atoms. The predicted octanol–water partition coefficient (Wildman–Crippen LogP) is 4.29. The van der Waals surface area contributed by atoms with E-state index < -0.39 is 0 Å². The van der Waals surface area contributed by atoms with E-state index in [4.69, 9.17) is 4.52 Å². The first-order valence-corrected chi connectivity index (χ1v) is 8.90. The molecule has 1 fully saturated rings. The first-order chi connectivity index (χ1) is 10.4. The zero-order chi connectivity index (χ0) is 14.1. The van der Waals surface area contributed by atoms with Crippen LogP contribution in [0.25, 0.3) is 11.0 Å². The van der Waals surface area contributed by atoms with Crippen LogP contribution in [0.4, 0.5) is 0 Å². The highest BCUT2D eigenvalue weighted by Crippen LogP contribution is 2.55. The van der Waals surface area contributed by atoms with Crippen molar-refractivity contribution in [1.82, 2.24) is 10.1 Å². The van der Waals surface area contributed by atoms with E-state index in [2.05, 4.69) is 22.3 Å². The Morgan fingerprint density at radius 1 is 1.05 bits per heavy atom. The number of benzene rings is 1. The number of aromatic nitrogens is 2. The van der Waals surface area contributed by atoms with E-state index in [-0.39, 0.29) is 4.08 Å². The van der Waals surface area contributed by atoms with E-state index in [1.165, 1.54) is 12.0 Å². The third-order valence-electron chi connectivity index (χ3n) is 3.63. The van der Waals surface area contributed by atoms with Gasteiger partial charge in [-0.3, -0.25) is 4.98 Å². The maximum Gasteiger partial charge on any atom is 0.167 e. The van der Waals surface area contributed by atoms with Crippen molar-refractivity contribution in [2.45, 2.75) is 10.5 Å². The van der Waals surface area contributed by atoms with Gasteiger partial charge in [0.1, 0.15) is 9.77 Å². The first-order valence-electron chi connectivity index (χ1n) is 6.93. The third-order valence-corrected chi connectivity index (χ3v) is 6.99. The summed E-state index contributed by atoms with van der Waals surface area (Å²) in [5.74, 6) is 2.26. The highest BCUT2D eigenvalue weighted by molar-refractivity contribution is 8.18. The van der Waals surface area contributed by atoms with Gasteiger partial charge in [-0.05, 0) is 36.1 Å². The van der Waals surface area contributed by atoms with Crippen molar-refractivity contribution in [3.8, 4) is 0 Å². The Bertz CT molecular complexity index is 751. The van der Waals surface area contributed by atoms with Gasteiger partial charge in [-0.25, -0.2) is 0 Å². The summed E-state index contributed by atoms with van der Waals surface area (Å²) in [6, 6.07) is 12.2. The molecule has 1 aliphatic heterocycles. The molecule has 3 aromatic rings. The third kappa shape index (κ3) is 2.15. The summed E-state index contributed by atoms with van der Waals surface area (Å²) in [4.78, 5) is 4.31. The summed E-state index contributed by atoms with van der Waals surface area (Å²) < 4.78 is 5.34. The molecule has 0 saturated carbocycles. The van der Waals surface area contributed by atoms with Gasteiger partial charge in [-0.15, -0.1) is 23.5 Å². The molecule has 0 radical (unpaired) electrons. The lowest BCUT2D eigenvalue weighted by Gasteiger charge is -2.34. The fourth-order valence-corrected chi connectivity index (χ4v) is 5.96. The van der Waals surface area contributed by atoms with E-state index in [0.29, 0.717) is 0 Å². The predicted molar refractivity (Wildman–Crippen MR) is 88.6 cm³/mol. The molecule has 0 atom stereocenters. The second-order valence-corrected chi connectivity index (χ2v) is 7.81. The molecule has 1 aliphatic rings. The summed E-state index contributed by atoms with van der Waals surface area (Å²) in [6.07, 6.45) is 5.00. The minimum absolute atomic E-state index is 0.209. The fraction of sp³-hybridized carbons (Fsp3) is 0.250. The SMILES string of the molecule is c1cncc(C2(c3noc4ccccc34)SCCCS2)c1. The molecule has 2 aromatic heterocycles. The highest BCUT2D eigenvalue weighted by atomic mass is 32.2. The summed E-state index contributed by atoms with van der Waals surface area (Å²) in [7, 11) is 0. The Labute approximate surface area is 131 Å². The number of nitrogens with zero attached hydrogens (tertiary/aromatic N) is 2. The molecular weight excluding hydrogens is 300 g/mol. The molecule has 3 nitrogen and oxygen atoms in total. The van der Waals surface area contributed by atoms with E-state index >= 15 is 0 Å². The molecule has 106 valence electrons. The normalized spacial score (nSPS) is 17.9.